The molecule has 0 bridgehead atoms. The van der Waals surface area contributed by atoms with E-state index in [2.05, 4.69) is 27.4 Å². The molecule has 1 fully saturated rings. The second-order valence-electron chi connectivity index (χ2n) is 5.02. The van der Waals surface area contributed by atoms with Gasteiger partial charge < -0.3 is 0 Å². The van der Waals surface area contributed by atoms with Gasteiger partial charge in [0.1, 0.15) is 0 Å². The summed E-state index contributed by atoms with van der Waals surface area (Å²) in [5.74, 6) is 2.06. The Morgan fingerprint density at radius 1 is 1.29 bits per heavy atom. The van der Waals surface area contributed by atoms with Crippen LogP contribution in [0.4, 0.5) is 0 Å². The lowest BCUT2D eigenvalue weighted by molar-refractivity contribution is 0.226. The highest BCUT2D eigenvalue weighted by Gasteiger charge is 2.39. The van der Waals surface area contributed by atoms with Crippen LogP contribution in [0.15, 0.2) is 15.9 Å². The molecular formula is C13H17BrCl2S. The second kappa shape index (κ2) is 6.27. The topological polar surface area (TPSA) is 0 Å². The molecule has 1 aliphatic carbocycles. The summed E-state index contributed by atoms with van der Waals surface area (Å²) >= 11 is 17.9. The minimum atomic E-state index is 0.101. The van der Waals surface area contributed by atoms with Gasteiger partial charge in [0.25, 0.3) is 0 Å². The highest BCUT2D eigenvalue weighted by Crippen LogP contribution is 2.45. The highest BCUT2D eigenvalue weighted by atomic mass is 79.9. The van der Waals surface area contributed by atoms with Gasteiger partial charge in [0.2, 0.25) is 0 Å². The predicted octanol–water partition coefficient (Wildman–Crippen LogP) is 5.71. The monoisotopic (exact) mass is 354 g/mol. The number of halogens is 3. The van der Waals surface area contributed by atoms with Crippen LogP contribution in [0.3, 0.4) is 0 Å². The Balaban J connectivity index is 2.15. The van der Waals surface area contributed by atoms with E-state index in [9.17, 15) is 0 Å². The van der Waals surface area contributed by atoms with Crippen molar-refractivity contribution in [3.05, 3.63) is 20.8 Å². The zero-order valence-electron chi connectivity index (χ0n) is 9.72. The molecule has 2 rings (SSSR count). The molecule has 0 amide bonds. The van der Waals surface area contributed by atoms with Crippen molar-refractivity contribution in [2.45, 2.75) is 32.1 Å². The first-order valence-electron chi connectivity index (χ1n) is 6.05. The average Bonchev–Trinajstić information content (AvgIpc) is 2.98. The van der Waals surface area contributed by atoms with Crippen LogP contribution in [0.5, 0.6) is 0 Å². The zero-order valence-corrected chi connectivity index (χ0v) is 13.6. The van der Waals surface area contributed by atoms with Crippen LogP contribution in [0.2, 0.25) is 0 Å². The lowest BCUT2D eigenvalue weighted by Gasteiger charge is -2.35. The van der Waals surface area contributed by atoms with E-state index in [1.807, 2.05) is 0 Å². The summed E-state index contributed by atoms with van der Waals surface area (Å²) in [4.78, 5) is 1.39. The molecule has 1 aliphatic rings. The van der Waals surface area contributed by atoms with Crippen molar-refractivity contribution >= 4 is 50.5 Å². The van der Waals surface area contributed by atoms with Crippen molar-refractivity contribution in [3.63, 3.8) is 0 Å². The minimum absolute atomic E-state index is 0.101. The lowest BCUT2D eigenvalue weighted by Crippen LogP contribution is -2.35. The molecule has 0 nitrogen and oxygen atoms in total. The number of rotatable bonds is 5. The summed E-state index contributed by atoms with van der Waals surface area (Å²) < 4.78 is 1.17. The second-order valence-corrected chi connectivity index (χ2v) is 7.47. The van der Waals surface area contributed by atoms with Crippen molar-refractivity contribution in [2.24, 2.45) is 11.3 Å². The van der Waals surface area contributed by atoms with Crippen LogP contribution >= 0.6 is 50.5 Å². The molecule has 0 aromatic carbocycles. The van der Waals surface area contributed by atoms with Gasteiger partial charge in [0.05, 0.1) is 0 Å². The first kappa shape index (κ1) is 14.2. The fourth-order valence-electron chi connectivity index (χ4n) is 2.82. The molecule has 0 aliphatic heterocycles. The summed E-state index contributed by atoms with van der Waals surface area (Å²) in [7, 11) is 0. The van der Waals surface area contributed by atoms with Gasteiger partial charge in [-0.2, -0.15) is 0 Å². The first-order chi connectivity index (χ1) is 8.20. The van der Waals surface area contributed by atoms with E-state index in [4.69, 9.17) is 23.2 Å². The predicted molar refractivity (Wildman–Crippen MR) is 81.6 cm³/mol. The van der Waals surface area contributed by atoms with Gasteiger partial charge in [-0.15, -0.1) is 34.5 Å². The summed E-state index contributed by atoms with van der Waals surface area (Å²) in [6.07, 6.45) is 6.31. The lowest BCUT2D eigenvalue weighted by atomic mass is 9.74. The van der Waals surface area contributed by atoms with Crippen LogP contribution in [0.25, 0.3) is 0 Å². The molecule has 0 atom stereocenters. The number of alkyl halides is 2. The summed E-state index contributed by atoms with van der Waals surface area (Å²) in [6.45, 7) is 0. The van der Waals surface area contributed by atoms with Gasteiger partial charge in [-0.25, -0.2) is 0 Å². The quantitative estimate of drug-likeness (QED) is 0.593. The fourth-order valence-corrected chi connectivity index (χ4v) is 5.34. The molecular weight excluding hydrogens is 339 g/mol. The van der Waals surface area contributed by atoms with Crippen molar-refractivity contribution in [1.82, 2.24) is 0 Å². The summed E-state index contributed by atoms with van der Waals surface area (Å²) in [5.41, 5.74) is 0.101. The molecule has 1 heterocycles. The third-order valence-corrected chi connectivity index (χ3v) is 6.66. The average molecular weight is 356 g/mol. The van der Waals surface area contributed by atoms with Gasteiger partial charge in [-0.3, -0.25) is 0 Å². The number of hydrogen-bond donors (Lipinski definition) is 0. The highest BCUT2D eigenvalue weighted by molar-refractivity contribution is 9.10. The molecule has 1 aromatic rings. The zero-order chi connectivity index (χ0) is 12.3. The van der Waals surface area contributed by atoms with Gasteiger partial charge >= 0.3 is 0 Å². The van der Waals surface area contributed by atoms with Crippen LogP contribution in [-0.4, -0.2) is 11.8 Å². The summed E-state index contributed by atoms with van der Waals surface area (Å²) in [5, 5.41) is 2.14. The van der Waals surface area contributed by atoms with Crippen LogP contribution in [-0.2, 0) is 6.42 Å². The van der Waals surface area contributed by atoms with Gasteiger partial charge in [-0.05, 0) is 47.2 Å². The van der Waals surface area contributed by atoms with Crippen LogP contribution in [0, 0.1) is 11.3 Å². The largest absolute Gasteiger partial charge is 0.148 e. The van der Waals surface area contributed by atoms with Crippen LogP contribution in [0.1, 0.15) is 30.6 Å². The molecule has 1 aromatic heterocycles. The molecule has 96 valence electrons. The van der Waals surface area contributed by atoms with E-state index < -0.39 is 0 Å². The Labute approximate surface area is 126 Å². The minimum Gasteiger partial charge on any atom is -0.148 e. The van der Waals surface area contributed by atoms with Gasteiger partial charge in [0, 0.05) is 31.9 Å². The Morgan fingerprint density at radius 3 is 2.41 bits per heavy atom. The van der Waals surface area contributed by atoms with Crippen molar-refractivity contribution in [1.29, 1.82) is 0 Å². The van der Waals surface area contributed by atoms with E-state index in [1.54, 1.807) is 11.3 Å². The molecule has 0 unspecified atom stereocenters. The molecule has 4 heteroatoms. The van der Waals surface area contributed by atoms with Gasteiger partial charge in [0.15, 0.2) is 0 Å². The third-order valence-electron chi connectivity index (χ3n) is 3.90. The number of hydrogen-bond acceptors (Lipinski definition) is 1. The molecule has 17 heavy (non-hydrogen) atoms. The maximum absolute atomic E-state index is 6.27. The first-order valence-corrected chi connectivity index (χ1v) is 8.79. The van der Waals surface area contributed by atoms with E-state index >= 15 is 0 Å². The fraction of sp³-hybridized carbons (Fsp3) is 0.692. The maximum Gasteiger partial charge on any atom is 0.0297 e. The smallest absolute Gasteiger partial charge is 0.0297 e. The Bertz CT molecular complexity index is 354. The standard InChI is InChI=1S/C13H17BrCl2S/c14-11-5-12(17-7-11)6-13(8-15,9-16)10-3-1-2-4-10/h5,7,10H,1-4,6,8-9H2. The molecule has 0 radical (unpaired) electrons. The maximum atomic E-state index is 6.27. The molecule has 0 N–H and O–H groups in total. The van der Waals surface area contributed by atoms with Crippen molar-refractivity contribution < 1.29 is 0 Å². The van der Waals surface area contributed by atoms with Gasteiger partial charge in [-0.1, -0.05) is 12.8 Å². The Kier molecular flexibility index (Phi) is 5.23. The van der Waals surface area contributed by atoms with Crippen LogP contribution < -0.4 is 0 Å². The Morgan fingerprint density at radius 2 is 1.94 bits per heavy atom. The molecule has 0 spiro atoms. The van der Waals surface area contributed by atoms with E-state index in [-0.39, 0.29) is 5.41 Å². The van der Waals surface area contributed by atoms with Crippen molar-refractivity contribution in [2.75, 3.05) is 11.8 Å². The van der Waals surface area contributed by atoms with E-state index in [1.165, 1.54) is 35.0 Å². The third kappa shape index (κ3) is 3.20. The van der Waals surface area contributed by atoms with E-state index in [0.717, 1.165) is 6.42 Å². The number of thiophene rings is 1. The molecule has 1 saturated carbocycles. The van der Waals surface area contributed by atoms with E-state index in [0.29, 0.717) is 17.7 Å². The Hall–Kier alpha value is 0.760. The normalized spacial score (nSPS) is 17.8. The SMILES string of the molecule is ClCC(CCl)(Cc1cc(Br)cs1)C1CCCC1. The molecule has 0 saturated heterocycles. The summed E-state index contributed by atoms with van der Waals surface area (Å²) in [6, 6.07) is 2.20. The van der Waals surface area contributed by atoms with Crippen molar-refractivity contribution in [3.8, 4) is 0 Å².